The van der Waals surface area contributed by atoms with Crippen molar-refractivity contribution in [2.24, 2.45) is 17.1 Å². The lowest BCUT2D eigenvalue weighted by atomic mass is 9.87. The molecule has 6 heteroatoms. The van der Waals surface area contributed by atoms with Crippen LogP contribution in [0.3, 0.4) is 0 Å². The summed E-state index contributed by atoms with van der Waals surface area (Å²) in [6.07, 6.45) is 7.80. The predicted octanol–water partition coefficient (Wildman–Crippen LogP) is 1.94. The van der Waals surface area contributed by atoms with E-state index in [4.69, 9.17) is 5.73 Å². The normalized spacial score (nSPS) is 25.5. The largest absolute Gasteiger partial charge is 0.369 e. The second-order valence-corrected chi connectivity index (χ2v) is 8.48. The van der Waals surface area contributed by atoms with E-state index in [0.717, 1.165) is 19.0 Å². The van der Waals surface area contributed by atoms with E-state index in [-0.39, 0.29) is 12.3 Å². The van der Waals surface area contributed by atoms with Gasteiger partial charge in [-0.3, -0.25) is 14.5 Å². The van der Waals surface area contributed by atoms with Crippen LogP contribution in [0.25, 0.3) is 0 Å². The van der Waals surface area contributed by atoms with Gasteiger partial charge in [0.1, 0.15) is 5.54 Å². The number of nitrogens with zero attached hydrogens (tertiary/aromatic N) is 2. The Morgan fingerprint density at radius 3 is 2.60 bits per heavy atom. The molecule has 0 aromatic heterocycles. The molecule has 0 aromatic carbocycles. The van der Waals surface area contributed by atoms with Crippen molar-refractivity contribution >= 4 is 11.8 Å². The van der Waals surface area contributed by atoms with Gasteiger partial charge >= 0.3 is 0 Å². The van der Waals surface area contributed by atoms with Gasteiger partial charge in [0, 0.05) is 31.5 Å². The lowest BCUT2D eigenvalue weighted by Gasteiger charge is -2.28. The molecule has 0 radical (unpaired) electrons. The summed E-state index contributed by atoms with van der Waals surface area (Å²) >= 11 is 0. The third kappa shape index (κ3) is 5.43. The Morgan fingerprint density at radius 1 is 1.32 bits per heavy atom. The Balaban J connectivity index is 1.83. The smallest absolute Gasteiger partial charge is 0.223 e. The second kappa shape index (κ2) is 8.18. The fraction of sp³-hybridized carbons (Fsp3) is 0.842. The number of likely N-dealkylation sites (tertiary alicyclic amines) is 1. The Labute approximate surface area is 151 Å². The summed E-state index contributed by atoms with van der Waals surface area (Å²) < 4.78 is 0. The van der Waals surface area contributed by atoms with Crippen molar-refractivity contribution in [3.05, 3.63) is 0 Å². The second-order valence-electron chi connectivity index (χ2n) is 8.48. The average molecular weight is 348 g/mol. The Morgan fingerprint density at radius 2 is 2.00 bits per heavy atom. The van der Waals surface area contributed by atoms with Crippen LogP contribution in [-0.2, 0) is 9.59 Å². The minimum atomic E-state index is -0.789. The molecule has 1 saturated carbocycles. The van der Waals surface area contributed by atoms with E-state index in [1.807, 2.05) is 0 Å². The molecule has 0 spiro atoms. The molecule has 1 heterocycles. The number of amides is 2. The van der Waals surface area contributed by atoms with Gasteiger partial charge in [-0.1, -0.05) is 33.1 Å². The summed E-state index contributed by atoms with van der Waals surface area (Å²) in [6.45, 7) is 5.98. The third-order valence-electron chi connectivity index (χ3n) is 5.83. The van der Waals surface area contributed by atoms with Crippen LogP contribution in [0.5, 0.6) is 0 Å². The highest BCUT2D eigenvalue weighted by Crippen LogP contribution is 2.28. The van der Waals surface area contributed by atoms with Gasteiger partial charge in [-0.2, -0.15) is 5.26 Å². The third-order valence-corrected chi connectivity index (χ3v) is 5.83. The Hall–Kier alpha value is -1.61. The van der Waals surface area contributed by atoms with Crippen molar-refractivity contribution in [1.29, 1.82) is 5.26 Å². The first-order valence-electron chi connectivity index (χ1n) is 9.51. The fourth-order valence-corrected chi connectivity index (χ4v) is 3.88. The molecule has 2 fully saturated rings. The molecule has 25 heavy (non-hydrogen) atoms. The van der Waals surface area contributed by atoms with E-state index in [1.165, 1.54) is 32.1 Å². The molecule has 0 aromatic rings. The molecular formula is C19H32N4O2. The molecule has 2 amide bonds. The number of carbonyl (C=O) groups is 2. The van der Waals surface area contributed by atoms with Crippen molar-refractivity contribution in [3.8, 4) is 6.07 Å². The van der Waals surface area contributed by atoms with Crippen LogP contribution < -0.4 is 11.1 Å². The van der Waals surface area contributed by atoms with Gasteiger partial charge in [-0.25, -0.2) is 0 Å². The summed E-state index contributed by atoms with van der Waals surface area (Å²) in [5, 5.41) is 12.6. The summed E-state index contributed by atoms with van der Waals surface area (Å²) in [6, 6.07) is 2.33. The number of nitrogens with two attached hydrogens (primary N) is 1. The zero-order valence-corrected chi connectivity index (χ0v) is 15.6. The van der Waals surface area contributed by atoms with Crippen LogP contribution in [0, 0.1) is 22.7 Å². The number of carbonyl (C=O) groups excluding carboxylic acids is 2. The van der Waals surface area contributed by atoms with Crippen LogP contribution in [0.4, 0.5) is 0 Å². The highest BCUT2D eigenvalue weighted by molar-refractivity contribution is 5.82. The molecule has 1 aliphatic carbocycles. The van der Waals surface area contributed by atoms with Gasteiger partial charge in [0.05, 0.1) is 6.07 Å². The van der Waals surface area contributed by atoms with E-state index in [2.05, 4.69) is 16.3 Å². The lowest BCUT2D eigenvalue weighted by molar-refractivity contribution is -0.127. The topological polar surface area (TPSA) is 99.2 Å². The monoisotopic (exact) mass is 348 g/mol. The van der Waals surface area contributed by atoms with Gasteiger partial charge in [0.2, 0.25) is 11.8 Å². The zero-order chi connectivity index (χ0) is 18.5. The van der Waals surface area contributed by atoms with Gasteiger partial charge < -0.3 is 11.1 Å². The number of hydrogen-bond acceptors (Lipinski definition) is 4. The van der Waals surface area contributed by atoms with E-state index in [9.17, 15) is 14.9 Å². The van der Waals surface area contributed by atoms with Crippen molar-refractivity contribution in [2.45, 2.75) is 70.8 Å². The summed E-state index contributed by atoms with van der Waals surface area (Å²) in [7, 11) is 0. The first-order valence-corrected chi connectivity index (χ1v) is 9.51. The van der Waals surface area contributed by atoms with Gasteiger partial charge in [-0.15, -0.1) is 0 Å². The predicted molar refractivity (Wildman–Crippen MR) is 96.3 cm³/mol. The molecule has 1 aliphatic heterocycles. The fourth-order valence-electron chi connectivity index (χ4n) is 3.88. The van der Waals surface area contributed by atoms with Crippen LogP contribution >= 0.6 is 0 Å². The molecule has 2 rings (SSSR count). The van der Waals surface area contributed by atoms with Crippen LogP contribution in [0.2, 0.25) is 0 Å². The van der Waals surface area contributed by atoms with Crippen LogP contribution in [-0.4, -0.2) is 41.9 Å². The van der Waals surface area contributed by atoms with Crippen molar-refractivity contribution in [1.82, 2.24) is 10.2 Å². The van der Waals surface area contributed by atoms with Gasteiger partial charge in [-0.05, 0) is 31.6 Å². The average Bonchev–Trinajstić information content (AvgIpc) is 2.97. The molecule has 0 bridgehead atoms. The van der Waals surface area contributed by atoms with Crippen molar-refractivity contribution in [2.75, 3.05) is 19.6 Å². The molecule has 6 nitrogen and oxygen atoms in total. The summed E-state index contributed by atoms with van der Waals surface area (Å²) in [4.78, 5) is 26.0. The molecule has 140 valence electrons. The van der Waals surface area contributed by atoms with E-state index in [0.29, 0.717) is 19.4 Å². The molecule has 1 atom stereocenters. The number of rotatable bonds is 7. The minimum Gasteiger partial charge on any atom is -0.369 e. The maximum Gasteiger partial charge on any atom is 0.223 e. The van der Waals surface area contributed by atoms with Crippen molar-refractivity contribution in [3.63, 3.8) is 0 Å². The minimum absolute atomic E-state index is 0.171. The first-order chi connectivity index (χ1) is 11.8. The number of primary amides is 1. The number of nitrogens with one attached hydrogen (secondary N) is 1. The first kappa shape index (κ1) is 19.7. The summed E-state index contributed by atoms with van der Waals surface area (Å²) in [5.74, 6) is 0.153. The lowest BCUT2D eigenvalue weighted by Crippen LogP contribution is -2.50. The zero-order valence-electron chi connectivity index (χ0n) is 15.6. The standard InChI is InChI=1S/C19H32N4O2/c1-18(2,17(21)25)9-8-16(24)22-19(13-20)10-11-23(14-19)12-15-6-4-3-5-7-15/h15H,3-12,14H2,1-2H3,(H2,21,25)(H,22,24). The van der Waals surface area contributed by atoms with Gasteiger partial charge in [0.15, 0.2) is 0 Å². The molecule has 3 N–H and O–H groups in total. The maximum absolute atomic E-state index is 12.3. The van der Waals surface area contributed by atoms with E-state index >= 15 is 0 Å². The van der Waals surface area contributed by atoms with Gasteiger partial charge in [0.25, 0.3) is 0 Å². The van der Waals surface area contributed by atoms with E-state index < -0.39 is 16.9 Å². The molecular weight excluding hydrogens is 316 g/mol. The molecule has 1 unspecified atom stereocenters. The number of nitriles is 1. The Kier molecular flexibility index (Phi) is 6.45. The highest BCUT2D eigenvalue weighted by Gasteiger charge is 2.40. The Bertz CT molecular complexity index is 534. The molecule has 1 saturated heterocycles. The van der Waals surface area contributed by atoms with E-state index in [1.54, 1.807) is 13.8 Å². The SMILES string of the molecule is CC(C)(CCC(=O)NC1(C#N)CCN(CC2CCCCC2)C1)C(N)=O. The highest BCUT2D eigenvalue weighted by atomic mass is 16.2. The molecule has 2 aliphatic rings. The van der Waals surface area contributed by atoms with Crippen molar-refractivity contribution < 1.29 is 9.59 Å². The quantitative estimate of drug-likeness (QED) is 0.734. The number of hydrogen-bond donors (Lipinski definition) is 2. The van der Waals surface area contributed by atoms with Crippen LogP contribution in [0.1, 0.15) is 65.2 Å². The summed E-state index contributed by atoms with van der Waals surface area (Å²) in [5.41, 5.74) is 3.85. The van der Waals surface area contributed by atoms with Crippen LogP contribution in [0.15, 0.2) is 0 Å². The maximum atomic E-state index is 12.3.